The molecule has 0 spiro atoms. The second-order valence-corrected chi connectivity index (χ2v) is 8.05. The van der Waals surface area contributed by atoms with Gasteiger partial charge < -0.3 is 0 Å². The number of halogens is 1. The van der Waals surface area contributed by atoms with E-state index in [9.17, 15) is 8.42 Å². The van der Waals surface area contributed by atoms with Gasteiger partial charge in [0.1, 0.15) is 0 Å². The predicted octanol–water partition coefficient (Wildman–Crippen LogP) is 5.17. The van der Waals surface area contributed by atoms with Crippen LogP contribution in [0.1, 0.15) is 25.1 Å². The maximum atomic E-state index is 13.0. The smallest absolute Gasteiger partial charge is 0.245 e. The monoisotopic (exact) mass is 373 g/mol. The first kappa shape index (κ1) is 17.8. The SMILES string of the molecule is CCc1ccc(Cl)cc1-c1ccn(S(=O)(=O)c2ccccc2)c1CC. The molecule has 3 aromatic rings. The van der Waals surface area contributed by atoms with Crippen LogP contribution in [-0.4, -0.2) is 12.4 Å². The van der Waals surface area contributed by atoms with E-state index in [1.165, 1.54) is 3.97 Å². The number of rotatable bonds is 5. The van der Waals surface area contributed by atoms with Gasteiger partial charge in [-0.15, -0.1) is 0 Å². The molecule has 0 unspecified atom stereocenters. The average Bonchev–Trinajstić information content (AvgIpc) is 3.07. The summed E-state index contributed by atoms with van der Waals surface area (Å²) in [5.74, 6) is 0. The third-order valence-electron chi connectivity index (χ3n) is 4.33. The largest absolute Gasteiger partial charge is 0.267 e. The highest BCUT2D eigenvalue weighted by Crippen LogP contribution is 2.33. The zero-order chi connectivity index (χ0) is 18.0. The maximum Gasteiger partial charge on any atom is 0.267 e. The molecule has 2 aromatic carbocycles. The fourth-order valence-electron chi connectivity index (χ4n) is 3.08. The Morgan fingerprint density at radius 2 is 1.64 bits per heavy atom. The number of hydrogen-bond donors (Lipinski definition) is 0. The summed E-state index contributed by atoms with van der Waals surface area (Å²) >= 11 is 6.19. The molecule has 5 heteroatoms. The van der Waals surface area contributed by atoms with Crippen LogP contribution in [0.4, 0.5) is 0 Å². The van der Waals surface area contributed by atoms with E-state index < -0.39 is 10.0 Å². The van der Waals surface area contributed by atoms with Crippen molar-refractivity contribution in [1.29, 1.82) is 0 Å². The standard InChI is InChI=1S/C20H20ClNO2S/c1-3-15-10-11-16(21)14-19(15)18-12-13-22(20(18)4-2)25(23,24)17-8-6-5-7-9-17/h5-14H,3-4H2,1-2H3. The third-order valence-corrected chi connectivity index (χ3v) is 6.29. The van der Waals surface area contributed by atoms with Crippen molar-refractivity contribution >= 4 is 21.6 Å². The number of aromatic nitrogens is 1. The summed E-state index contributed by atoms with van der Waals surface area (Å²) in [7, 11) is -3.61. The van der Waals surface area contributed by atoms with Gasteiger partial charge in [-0.2, -0.15) is 0 Å². The normalized spacial score (nSPS) is 11.6. The molecule has 0 aliphatic carbocycles. The molecule has 0 saturated carbocycles. The minimum Gasteiger partial charge on any atom is -0.245 e. The van der Waals surface area contributed by atoms with Crippen LogP contribution in [0.2, 0.25) is 5.02 Å². The molecule has 0 bridgehead atoms. The summed E-state index contributed by atoms with van der Waals surface area (Å²) in [4.78, 5) is 0.286. The molecule has 0 radical (unpaired) electrons. The Hall–Kier alpha value is -2.04. The van der Waals surface area contributed by atoms with Crippen molar-refractivity contribution in [3.63, 3.8) is 0 Å². The second-order valence-electron chi connectivity index (χ2n) is 5.80. The van der Waals surface area contributed by atoms with E-state index in [4.69, 9.17) is 11.6 Å². The van der Waals surface area contributed by atoms with Crippen LogP contribution < -0.4 is 0 Å². The average molecular weight is 374 g/mol. The van der Waals surface area contributed by atoms with E-state index in [0.29, 0.717) is 11.4 Å². The zero-order valence-corrected chi connectivity index (χ0v) is 15.8. The fraction of sp³-hybridized carbons (Fsp3) is 0.200. The summed E-state index contributed by atoms with van der Waals surface area (Å²) in [5, 5.41) is 0.646. The van der Waals surface area contributed by atoms with E-state index in [1.54, 1.807) is 36.5 Å². The van der Waals surface area contributed by atoms with Crippen molar-refractivity contribution in [2.75, 3.05) is 0 Å². The van der Waals surface area contributed by atoms with Gasteiger partial charge in [-0.25, -0.2) is 12.4 Å². The van der Waals surface area contributed by atoms with Crippen LogP contribution in [0.5, 0.6) is 0 Å². The molecule has 0 atom stereocenters. The summed E-state index contributed by atoms with van der Waals surface area (Å²) in [6, 6.07) is 16.1. The lowest BCUT2D eigenvalue weighted by Crippen LogP contribution is -2.14. The summed E-state index contributed by atoms with van der Waals surface area (Å²) in [6.45, 7) is 4.04. The number of benzene rings is 2. The lowest BCUT2D eigenvalue weighted by Gasteiger charge is -2.13. The van der Waals surface area contributed by atoms with Gasteiger partial charge in [0.15, 0.2) is 0 Å². The van der Waals surface area contributed by atoms with Gasteiger partial charge in [0.2, 0.25) is 0 Å². The van der Waals surface area contributed by atoms with Crippen molar-refractivity contribution in [3.8, 4) is 11.1 Å². The molecule has 0 aliphatic heterocycles. The fourth-order valence-corrected chi connectivity index (χ4v) is 4.72. The molecule has 25 heavy (non-hydrogen) atoms. The van der Waals surface area contributed by atoms with Gasteiger partial charge in [-0.05, 0) is 54.3 Å². The first-order valence-corrected chi connectivity index (χ1v) is 10.1. The van der Waals surface area contributed by atoms with Crippen LogP contribution in [-0.2, 0) is 22.9 Å². The first-order chi connectivity index (χ1) is 12.0. The van der Waals surface area contributed by atoms with Crippen LogP contribution >= 0.6 is 11.6 Å². The Labute approximate surface area is 153 Å². The molecule has 130 valence electrons. The van der Waals surface area contributed by atoms with Gasteiger partial charge in [0, 0.05) is 22.5 Å². The number of hydrogen-bond acceptors (Lipinski definition) is 2. The molecule has 0 saturated heterocycles. The van der Waals surface area contributed by atoms with E-state index in [0.717, 1.165) is 28.8 Å². The topological polar surface area (TPSA) is 39.1 Å². The molecular formula is C20H20ClNO2S. The minimum atomic E-state index is -3.61. The number of nitrogens with zero attached hydrogens (tertiary/aromatic N) is 1. The molecule has 3 rings (SSSR count). The van der Waals surface area contributed by atoms with Crippen molar-refractivity contribution in [2.24, 2.45) is 0 Å². The molecule has 3 nitrogen and oxygen atoms in total. The molecule has 0 N–H and O–H groups in total. The second kappa shape index (κ2) is 7.06. The van der Waals surface area contributed by atoms with E-state index in [2.05, 4.69) is 6.92 Å². The summed E-state index contributed by atoms with van der Waals surface area (Å²) in [5.41, 5.74) is 3.82. The lowest BCUT2D eigenvalue weighted by molar-refractivity contribution is 0.585. The van der Waals surface area contributed by atoms with E-state index in [1.807, 2.05) is 31.2 Å². The number of aryl methyl sites for hydroxylation is 1. The Morgan fingerprint density at radius 3 is 2.28 bits per heavy atom. The van der Waals surface area contributed by atoms with Gasteiger partial charge in [0.25, 0.3) is 10.0 Å². The van der Waals surface area contributed by atoms with Gasteiger partial charge >= 0.3 is 0 Å². The van der Waals surface area contributed by atoms with Gasteiger partial charge in [-0.1, -0.05) is 49.7 Å². The molecule has 1 heterocycles. The Balaban J connectivity index is 2.20. The molecule has 1 aromatic heterocycles. The van der Waals surface area contributed by atoms with E-state index >= 15 is 0 Å². The molecule has 0 aliphatic rings. The lowest BCUT2D eigenvalue weighted by atomic mass is 9.97. The van der Waals surface area contributed by atoms with Crippen molar-refractivity contribution in [2.45, 2.75) is 31.6 Å². The van der Waals surface area contributed by atoms with Crippen molar-refractivity contribution < 1.29 is 8.42 Å². The molecule has 0 fully saturated rings. The van der Waals surface area contributed by atoms with Gasteiger partial charge in [0.05, 0.1) is 4.90 Å². The molecular weight excluding hydrogens is 354 g/mol. The van der Waals surface area contributed by atoms with Crippen LogP contribution in [0.3, 0.4) is 0 Å². The summed E-state index contributed by atoms with van der Waals surface area (Å²) in [6.07, 6.45) is 3.09. The highest BCUT2D eigenvalue weighted by Gasteiger charge is 2.22. The van der Waals surface area contributed by atoms with Crippen LogP contribution in [0, 0.1) is 0 Å². The Bertz CT molecular complexity index is 992. The quantitative estimate of drug-likeness (QED) is 0.618. The van der Waals surface area contributed by atoms with Crippen molar-refractivity contribution in [1.82, 2.24) is 3.97 Å². The van der Waals surface area contributed by atoms with Crippen LogP contribution in [0.25, 0.3) is 11.1 Å². The van der Waals surface area contributed by atoms with Gasteiger partial charge in [-0.3, -0.25) is 0 Å². The summed E-state index contributed by atoms with van der Waals surface area (Å²) < 4.78 is 27.4. The maximum absolute atomic E-state index is 13.0. The zero-order valence-electron chi connectivity index (χ0n) is 14.2. The van der Waals surface area contributed by atoms with Crippen LogP contribution in [0.15, 0.2) is 65.7 Å². The van der Waals surface area contributed by atoms with Crippen molar-refractivity contribution in [3.05, 3.63) is 77.1 Å². The van der Waals surface area contributed by atoms with E-state index in [-0.39, 0.29) is 4.90 Å². The minimum absolute atomic E-state index is 0.286. The Kier molecular flexibility index (Phi) is 5.02. The highest BCUT2D eigenvalue weighted by atomic mass is 35.5. The Morgan fingerprint density at radius 1 is 0.920 bits per heavy atom. The molecule has 0 amide bonds. The third kappa shape index (κ3) is 3.24. The predicted molar refractivity (Wildman–Crippen MR) is 103 cm³/mol. The highest BCUT2D eigenvalue weighted by molar-refractivity contribution is 7.90. The first-order valence-electron chi connectivity index (χ1n) is 8.28.